The first-order valence-corrected chi connectivity index (χ1v) is 4.77. The Morgan fingerprint density at radius 3 is 2.54 bits per heavy atom. The lowest BCUT2D eigenvalue weighted by Gasteiger charge is -2.20. The van der Waals surface area contributed by atoms with E-state index in [1.807, 2.05) is 20.8 Å². The molecule has 78 valence electrons. The van der Waals surface area contributed by atoms with Gasteiger partial charge in [-0.25, -0.2) is 0 Å². The van der Waals surface area contributed by atoms with E-state index in [4.69, 9.17) is 4.74 Å². The van der Waals surface area contributed by atoms with E-state index in [9.17, 15) is 4.79 Å². The Bertz CT molecular complexity index is 155. The van der Waals surface area contributed by atoms with E-state index in [-0.39, 0.29) is 11.2 Å². The molecule has 0 aliphatic rings. The van der Waals surface area contributed by atoms with Crippen LogP contribution in [0.3, 0.4) is 0 Å². The van der Waals surface area contributed by atoms with Crippen LogP contribution >= 0.6 is 0 Å². The van der Waals surface area contributed by atoms with Gasteiger partial charge in [0.1, 0.15) is 0 Å². The van der Waals surface area contributed by atoms with Crippen LogP contribution in [0.15, 0.2) is 0 Å². The van der Waals surface area contributed by atoms with Gasteiger partial charge in [-0.3, -0.25) is 4.79 Å². The van der Waals surface area contributed by atoms with Crippen molar-refractivity contribution in [3.8, 4) is 0 Å². The second-order valence-electron chi connectivity index (χ2n) is 3.83. The fraction of sp³-hybridized carbons (Fsp3) is 0.900. The molecule has 13 heavy (non-hydrogen) atoms. The first-order valence-electron chi connectivity index (χ1n) is 4.77. The molecule has 0 spiro atoms. The highest BCUT2D eigenvalue weighted by atomic mass is 16.5. The Hall–Kier alpha value is -0.410. The van der Waals surface area contributed by atoms with E-state index >= 15 is 0 Å². The van der Waals surface area contributed by atoms with Crippen LogP contribution in [-0.4, -0.2) is 32.6 Å². The van der Waals surface area contributed by atoms with Crippen molar-refractivity contribution >= 4 is 5.78 Å². The maximum atomic E-state index is 11.6. The second-order valence-corrected chi connectivity index (χ2v) is 3.83. The van der Waals surface area contributed by atoms with E-state index in [1.165, 1.54) is 0 Å². The normalized spacial score (nSPS) is 11.7. The van der Waals surface area contributed by atoms with E-state index in [2.05, 4.69) is 5.32 Å². The van der Waals surface area contributed by atoms with Gasteiger partial charge in [0.25, 0.3) is 0 Å². The third-order valence-corrected chi connectivity index (χ3v) is 2.41. The van der Waals surface area contributed by atoms with Crippen LogP contribution in [0.2, 0.25) is 0 Å². The maximum Gasteiger partial charge on any atom is 0.152 e. The van der Waals surface area contributed by atoms with Gasteiger partial charge in [0, 0.05) is 19.1 Å². The molecule has 0 aliphatic carbocycles. The minimum Gasteiger partial charge on any atom is -0.383 e. The Labute approximate surface area is 80.8 Å². The molecule has 0 aromatic carbocycles. The van der Waals surface area contributed by atoms with Crippen LogP contribution in [0.25, 0.3) is 0 Å². The average Bonchev–Trinajstić information content (AvgIpc) is 2.12. The van der Waals surface area contributed by atoms with Gasteiger partial charge in [-0.15, -0.1) is 0 Å². The highest BCUT2D eigenvalue weighted by Crippen LogP contribution is 2.19. The standard InChI is InChI=1S/C10H21NO2/c1-5-10(2,3)9(12)8-11-6-7-13-4/h11H,5-8H2,1-4H3. The van der Waals surface area contributed by atoms with Crippen molar-refractivity contribution in [1.29, 1.82) is 0 Å². The van der Waals surface area contributed by atoms with Crippen molar-refractivity contribution in [3.05, 3.63) is 0 Å². The van der Waals surface area contributed by atoms with E-state index in [0.717, 1.165) is 13.0 Å². The van der Waals surface area contributed by atoms with Crippen molar-refractivity contribution in [2.24, 2.45) is 5.41 Å². The number of Topliss-reactive ketones (excluding diaryl/α,β-unsaturated/α-hetero) is 1. The first-order chi connectivity index (χ1) is 6.04. The molecule has 0 heterocycles. The minimum atomic E-state index is -0.194. The van der Waals surface area contributed by atoms with Gasteiger partial charge in [-0.1, -0.05) is 20.8 Å². The van der Waals surface area contributed by atoms with Crippen LogP contribution in [0.1, 0.15) is 27.2 Å². The molecule has 0 saturated heterocycles. The van der Waals surface area contributed by atoms with Crippen molar-refractivity contribution in [2.45, 2.75) is 27.2 Å². The Morgan fingerprint density at radius 2 is 2.08 bits per heavy atom. The predicted molar refractivity (Wildman–Crippen MR) is 53.8 cm³/mol. The predicted octanol–water partition coefficient (Wildman–Crippen LogP) is 1.23. The van der Waals surface area contributed by atoms with Gasteiger partial charge in [0.15, 0.2) is 5.78 Å². The monoisotopic (exact) mass is 187 g/mol. The molecular weight excluding hydrogens is 166 g/mol. The van der Waals surface area contributed by atoms with Gasteiger partial charge >= 0.3 is 0 Å². The third kappa shape index (κ3) is 5.01. The van der Waals surface area contributed by atoms with Crippen molar-refractivity contribution < 1.29 is 9.53 Å². The van der Waals surface area contributed by atoms with E-state index < -0.39 is 0 Å². The maximum absolute atomic E-state index is 11.6. The Morgan fingerprint density at radius 1 is 1.46 bits per heavy atom. The smallest absolute Gasteiger partial charge is 0.152 e. The molecule has 0 bridgehead atoms. The second kappa shape index (κ2) is 6.11. The zero-order valence-corrected chi connectivity index (χ0v) is 9.14. The molecule has 0 amide bonds. The summed E-state index contributed by atoms with van der Waals surface area (Å²) in [6, 6.07) is 0. The van der Waals surface area contributed by atoms with Gasteiger partial charge < -0.3 is 10.1 Å². The summed E-state index contributed by atoms with van der Waals surface area (Å²) >= 11 is 0. The number of hydrogen-bond acceptors (Lipinski definition) is 3. The lowest BCUT2D eigenvalue weighted by molar-refractivity contribution is -0.126. The fourth-order valence-electron chi connectivity index (χ4n) is 0.813. The summed E-state index contributed by atoms with van der Waals surface area (Å²) in [4.78, 5) is 11.6. The molecular formula is C10H21NO2. The van der Waals surface area contributed by atoms with Crippen LogP contribution < -0.4 is 5.32 Å². The third-order valence-electron chi connectivity index (χ3n) is 2.41. The summed E-state index contributed by atoms with van der Waals surface area (Å²) < 4.78 is 4.86. The summed E-state index contributed by atoms with van der Waals surface area (Å²) in [5, 5.41) is 3.05. The van der Waals surface area contributed by atoms with Crippen LogP contribution in [-0.2, 0) is 9.53 Å². The zero-order chi connectivity index (χ0) is 10.3. The molecule has 0 radical (unpaired) electrons. The lowest BCUT2D eigenvalue weighted by atomic mass is 9.85. The summed E-state index contributed by atoms with van der Waals surface area (Å²) in [5.41, 5.74) is -0.194. The van der Waals surface area contributed by atoms with Gasteiger partial charge in [-0.05, 0) is 6.42 Å². The highest BCUT2D eigenvalue weighted by molar-refractivity contribution is 5.85. The van der Waals surface area contributed by atoms with Gasteiger partial charge in [0.05, 0.1) is 13.2 Å². The van der Waals surface area contributed by atoms with E-state index in [1.54, 1.807) is 7.11 Å². The van der Waals surface area contributed by atoms with Gasteiger partial charge in [-0.2, -0.15) is 0 Å². The van der Waals surface area contributed by atoms with E-state index in [0.29, 0.717) is 13.2 Å². The Kier molecular flexibility index (Phi) is 5.91. The molecule has 1 N–H and O–H groups in total. The number of methoxy groups -OCH3 is 1. The molecule has 0 saturated carbocycles. The molecule has 0 rings (SSSR count). The fourth-order valence-corrected chi connectivity index (χ4v) is 0.813. The average molecular weight is 187 g/mol. The van der Waals surface area contributed by atoms with Crippen LogP contribution in [0, 0.1) is 5.41 Å². The summed E-state index contributed by atoms with van der Waals surface area (Å²) in [6.07, 6.45) is 0.887. The largest absolute Gasteiger partial charge is 0.383 e. The molecule has 0 atom stereocenters. The summed E-state index contributed by atoms with van der Waals surface area (Å²) in [6.45, 7) is 7.83. The number of nitrogens with one attached hydrogen (secondary N) is 1. The topological polar surface area (TPSA) is 38.3 Å². The Balaban J connectivity index is 3.62. The SMILES string of the molecule is CCC(C)(C)C(=O)CNCCOC. The quantitative estimate of drug-likeness (QED) is 0.609. The van der Waals surface area contributed by atoms with Crippen molar-refractivity contribution in [3.63, 3.8) is 0 Å². The highest BCUT2D eigenvalue weighted by Gasteiger charge is 2.23. The number of ketones is 1. The number of carbonyl (C=O) groups is 1. The summed E-state index contributed by atoms with van der Waals surface area (Å²) in [7, 11) is 1.65. The number of hydrogen-bond donors (Lipinski definition) is 1. The van der Waals surface area contributed by atoms with Crippen molar-refractivity contribution in [2.75, 3.05) is 26.8 Å². The summed E-state index contributed by atoms with van der Waals surface area (Å²) in [5.74, 6) is 0.270. The minimum absolute atomic E-state index is 0.194. The first kappa shape index (κ1) is 12.6. The molecule has 0 aliphatic heterocycles. The number of ether oxygens (including phenoxy) is 1. The van der Waals surface area contributed by atoms with Crippen LogP contribution in [0.4, 0.5) is 0 Å². The number of carbonyl (C=O) groups excluding carboxylic acids is 1. The van der Waals surface area contributed by atoms with Gasteiger partial charge in [0.2, 0.25) is 0 Å². The molecule has 0 aromatic rings. The molecule has 0 unspecified atom stereocenters. The molecule has 0 aromatic heterocycles. The lowest BCUT2D eigenvalue weighted by Crippen LogP contribution is -2.34. The zero-order valence-electron chi connectivity index (χ0n) is 9.14. The van der Waals surface area contributed by atoms with Crippen LogP contribution in [0.5, 0.6) is 0 Å². The molecule has 3 heteroatoms. The molecule has 3 nitrogen and oxygen atoms in total. The van der Waals surface area contributed by atoms with Crippen molar-refractivity contribution in [1.82, 2.24) is 5.32 Å². The number of rotatable bonds is 7. The molecule has 0 fully saturated rings.